The second kappa shape index (κ2) is 5.54. The van der Waals surface area contributed by atoms with Gasteiger partial charge in [-0.25, -0.2) is 4.58 Å². The van der Waals surface area contributed by atoms with Crippen LogP contribution >= 0.6 is 0 Å². The minimum atomic E-state index is -0.473. The maximum atomic E-state index is 6.21. The molecule has 3 heteroatoms. The van der Waals surface area contributed by atoms with Gasteiger partial charge in [0.1, 0.15) is 19.3 Å². The van der Waals surface area contributed by atoms with E-state index in [1.807, 2.05) is 13.8 Å². The first-order valence-corrected chi connectivity index (χ1v) is 7.96. The van der Waals surface area contributed by atoms with Crippen LogP contribution in [0.2, 0.25) is 0 Å². The lowest BCUT2D eigenvalue weighted by Crippen LogP contribution is -2.56. The zero-order chi connectivity index (χ0) is 15.0. The number of nitrogens with zero attached hydrogens (tertiary/aromatic N) is 1. The summed E-state index contributed by atoms with van der Waals surface area (Å²) in [7, 11) is 0. The highest BCUT2D eigenvalue weighted by atomic mass is 16.7. The molecule has 1 aromatic carbocycles. The quantitative estimate of drug-likeness (QED) is 0.781. The molecule has 1 aromatic rings. The van der Waals surface area contributed by atoms with Crippen molar-refractivity contribution in [2.75, 3.05) is 13.2 Å². The van der Waals surface area contributed by atoms with E-state index in [1.54, 1.807) is 0 Å². The van der Waals surface area contributed by atoms with Gasteiger partial charge in [0.05, 0.1) is 0 Å². The fourth-order valence-corrected chi connectivity index (χ4v) is 3.33. The lowest BCUT2D eigenvalue weighted by Gasteiger charge is -2.41. The molecule has 1 saturated heterocycles. The van der Waals surface area contributed by atoms with Crippen molar-refractivity contribution >= 4 is 6.21 Å². The molecule has 2 heterocycles. The summed E-state index contributed by atoms with van der Waals surface area (Å²) in [5.74, 6) is 0.00261. The van der Waals surface area contributed by atoms with Gasteiger partial charge < -0.3 is 9.47 Å². The average molecular weight is 288 g/mol. The molecule has 0 aliphatic carbocycles. The molecule has 2 aliphatic rings. The Kier molecular flexibility index (Phi) is 3.89. The topological polar surface area (TPSA) is 21.5 Å². The van der Waals surface area contributed by atoms with E-state index in [9.17, 15) is 0 Å². The Hall–Kier alpha value is -1.19. The van der Waals surface area contributed by atoms with Crippen molar-refractivity contribution in [1.82, 2.24) is 0 Å². The van der Waals surface area contributed by atoms with Crippen LogP contribution < -0.4 is 0 Å². The summed E-state index contributed by atoms with van der Waals surface area (Å²) in [6.07, 6.45) is 3.58. The Labute approximate surface area is 127 Å². The first-order valence-electron chi connectivity index (χ1n) is 7.96. The summed E-state index contributed by atoms with van der Waals surface area (Å²) in [6, 6.07) is 8.94. The number of hydrogen-bond donors (Lipinski definition) is 0. The second-order valence-corrected chi connectivity index (χ2v) is 6.92. The molecular weight excluding hydrogens is 262 g/mol. The van der Waals surface area contributed by atoms with Crippen LogP contribution in [0.15, 0.2) is 24.3 Å². The minimum absolute atomic E-state index is 0.204. The predicted octanol–water partition coefficient (Wildman–Crippen LogP) is 2.85. The van der Waals surface area contributed by atoms with Gasteiger partial charge in [0.2, 0.25) is 6.04 Å². The third kappa shape index (κ3) is 3.04. The molecule has 2 aliphatic heterocycles. The van der Waals surface area contributed by atoms with E-state index in [-0.39, 0.29) is 6.10 Å². The van der Waals surface area contributed by atoms with Crippen LogP contribution in [-0.2, 0) is 15.9 Å². The van der Waals surface area contributed by atoms with Crippen molar-refractivity contribution in [3.63, 3.8) is 0 Å². The summed E-state index contributed by atoms with van der Waals surface area (Å²) in [5, 5.41) is 0. The maximum absolute atomic E-state index is 6.21. The Morgan fingerprint density at radius 3 is 2.76 bits per heavy atom. The molecule has 0 saturated carbocycles. The predicted molar refractivity (Wildman–Crippen MR) is 84.0 cm³/mol. The van der Waals surface area contributed by atoms with E-state index in [4.69, 9.17) is 9.47 Å². The Morgan fingerprint density at radius 1 is 1.24 bits per heavy atom. The highest BCUT2D eigenvalue weighted by Crippen LogP contribution is 2.29. The number of hydrogen-bond acceptors (Lipinski definition) is 2. The fraction of sp³-hybridized carbons (Fsp3) is 0.611. The molecule has 3 nitrogen and oxygen atoms in total. The van der Waals surface area contributed by atoms with Crippen LogP contribution in [0, 0.1) is 5.92 Å². The van der Waals surface area contributed by atoms with Crippen molar-refractivity contribution in [2.45, 2.75) is 52.0 Å². The summed E-state index contributed by atoms with van der Waals surface area (Å²) in [4.78, 5) is 0. The molecule has 0 N–H and O–H groups in total. The van der Waals surface area contributed by atoms with Crippen molar-refractivity contribution in [2.24, 2.45) is 5.92 Å². The average Bonchev–Trinajstić information content (AvgIpc) is 2.46. The van der Waals surface area contributed by atoms with E-state index in [1.165, 1.54) is 11.1 Å². The molecule has 1 fully saturated rings. The van der Waals surface area contributed by atoms with Gasteiger partial charge in [0.15, 0.2) is 12.0 Å². The number of rotatable bonds is 2. The van der Waals surface area contributed by atoms with E-state index in [0.717, 1.165) is 19.6 Å². The number of ether oxygens (including phenoxy) is 2. The summed E-state index contributed by atoms with van der Waals surface area (Å²) < 4.78 is 14.5. The van der Waals surface area contributed by atoms with Crippen LogP contribution in [0.1, 0.15) is 38.8 Å². The Bertz CT molecular complexity index is 548. The van der Waals surface area contributed by atoms with E-state index in [0.29, 0.717) is 12.0 Å². The summed E-state index contributed by atoms with van der Waals surface area (Å²) >= 11 is 0. The van der Waals surface area contributed by atoms with E-state index < -0.39 is 5.79 Å². The van der Waals surface area contributed by atoms with Crippen molar-refractivity contribution in [3.8, 4) is 0 Å². The van der Waals surface area contributed by atoms with Gasteiger partial charge in [-0.3, -0.25) is 0 Å². The molecule has 0 unspecified atom stereocenters. The lowest BCUT2D eigenvalue weighted by atomic mass is 9.95. The third-order valence-electron chi connectivity index (χ3n) is 4.48. The molecule has 0 amide bonds. The van der Waals surface area contributed by atoms with E-state index in [2.05, 4.69) is 48.9 Å². The first kappa shape index (κ1) is 14.7. The van der Waals surface area contributed by atoms with Gasteiger partial charge >= 0.3 is 0 Å². The van der Waals surface area contributed by atoms with Crippen LogP contribution in [-0.4, -0.2) is 41.9 Å². The Morgan fingerprint density at radius 2 is 2.00 bits per heavy atom. The van der Waals surface area contributed by atoms with Gasteiger partial charge in [0, 0.05) is 12.0 Å². The van der Waals surface area contributed by atoms with Crippen LogP contribution in [0.5, 0.6) is 0 Å². The largest absolute Gasteiger partial charge is 0.344 e. The summed E-state index contributed by atoms with van der Waals surface area (Å²) in [5.41, 5.74) is 2.77. The Balaban J connectivity index is 1.88. The highest BCUT2D eigenvalue weighted by Gasteiger charge is 2.44. The van der Waals surface area contributed by atoms with Crippen molar-refractivity contribution in [3.05, 3.63) is 35.4 Å². The molecular formula is C18H26NO2+. The first-order chi connectivity index (χ1) is 9.96. The zero-order valence-corrected chi connectivity index (χ0v) is 13.5. The molecule has 21 heavy (non-hydrogen) atoms. The number of fused-ring (bicyclic) bond motifs is 1. The standard InChI is InChI=1S/C18H26NO2/c1-13(2)17-16(12-20-18(3,4)21-17)19-10-9-14-7-5-6-8-15(14)11-19/h5-8,11,13,16-17H,9-10,12H2,1-4H3/q+1/t16-,17-/m0/s1. The molecule has 2 atom stereocenters. The zero-order valence-electron chi connectivity index (χ0n) is 13.5. The smallest absolute Gasteiger partial charge is 0.202 e. The van der Waals surface area contributed by atoms with E-state index >= 15 is 0 Å². The fourth-order valence-electron chi connectivity index (χ4n) is 3.33. The van der Waals surface area contributed by atoms with Crippen LogP contribution in [0.4, 0.5) is 0 Å². The van der Waals surface area contributed by atoms with Gasteiger partial charge in [-0.05, 0) is 31.4 Å². The lowest BCUT2D eigenvalue weighted by molar-refractivity contribution is -0.595. The molecule has 0 aromatic heterocycles. The molecule has 0 bridgehead atoms. The van der Waals surface area contributed by atoms with Crippen molar-refractivity contribution in [1.29, 1.82) is 0 Å². The monoisotopic (exact) mass is 288 g/mol. The van der Waals surface area contributed by atoms with Crippen LogP contribution in [0.3, 0.4) is 0 Å². The second-order valence-electron chi connectivity index (χ2n) is 6.92. The molecule has 114 valence electrons. The third-order valence-corrected chi connectivity index (χ3v) is 4.48. The van der Waals surface area contributed by atoms with Gasteiger partial charge in [0.25, 0.3) is 0 Å². The van der Waals surface area contributed by atoms with Crippen molar-refractivity contribution < 1.29 is 14.0 Å². The molecule has 3 rings (SSSR count). The van der Waals surface area contributed by atoms with Gasteiger partial charge in [-0.15, -0.1) is 0 Å². The van der Waals surface area contributed by atoms with Gasteiger partial charge in [-0.2, -0.15) is 0 Å². The molecule has 0 radical (unpaired) electrons. The minimum Gasteiger partial charge on any atom is -0.344 e. The SMILES string of the molecule is CC(C)[C@@H]1OC(C)(C)OC[C@@H]1[N+]1=Cc2ccccc2CC1. The van der Waals surface area contributed by atoms with Crippen LogP contribution in [0.25, 0.3) is 0 Å². The molecule has 0 spiro atoms. The normalized spacial score (nSPS) is 28.1. The van der Waals surface area contributed by atoms with Gasteiger partial charge in [-0.1, -0.05) is 32.0 Å². The summed E-state index contributed by atoms with van der Waals surface area (Å²) in [6.45, 7) is 10.3. The maximum Gasteiger partial charge on any atom is 0.202 e. The highest BCUT2D eigenvalue weighted by molar-refractivity contribution is 5.78. The number of benzene rings is 1.